The third-order valence-corrected chi connectivity index (χ3v) is 9.64. The summed E-state index contributed by atoms with van der Waals surface area (Å²) in [7, 11) is -3.62. The molecule has 0 bridgehead atoms. The maximum absolute atomic E-state index is 14.9. The van der Waals surface area contributed by atoms with Crippen molar-refractivity contribution in [2.75, 3.05) is 59.2 Å². The molecule has 40 heavy (non-hydrogen) atoms. The molecule has 2 saturated heterocycles. The molecule has 1 aromatic carbocycles. The lowest BCUT2D eigenvalue weighted by Crippen LogP contribution is -2.44. The second-order valence-corrected chi connectivity index (χ2v) is 12.1. The minimum Gasteiger partial charge on any atom is -0.466 e. The average Bonchev–Trinajstić information content (AvgIpc) is 3.13. The predicted molar refractivity (Wildman–Crippen MR) is 152 cm³/mol. The van der Waals surface area contributed by atoms with E-state index < -0.39 is 13.7 Å². The molecule has 0 amide bonds. The van der Waals surface area contributed by atoms with Crippen molar-refractivity contribution in [2.24, 2.45) is 9.98 Å². The number of pyridine rings is 1. The number of rotatable bonds is 8. The molecule has 3 aliphatic rings. The number of carbonyl (C=O) groups excluding carboxylic acids is 1. The number of aliphatic imine (C=N–C) groups is 2. The molecule has 0 spiro atoms. The SMILES string of the molecule is CCOC(=O)CC[C@@H]1N=C(c2ccccn2)c2cc(Cl)ccc2N=C1OP(=O)(N1CCOCC1)N1CCOCC1. The summed E-state index contributed by atoms with van der Waals surface area (Å²) in [4.78, 5) is 26.8. The summed E-state index contributed by atoms with van der Waals surface area (Å²) in [6, 6.07) is 10.1. The Morgan fingerprint density at radius 1 is 1.07 bits per heavy atom. The van der Waals surface area contributed by atoms with Crippen LogP contribution in [-0.2, 0) is 28.1 Å². The Balaban J connectivity index is 1.60. The minimum atomic E-state index is -3.62. The van der Waals surface area contributed by atoms with Gasteiger partial charge in [0, 0.05) is 49.4 Å². The largest absolute Gasteiger partial charge is 0.466 e. The monoisotopic (exact) mass is 589 g/mol. The smallest absolute Gasteiger partial charge is 0.397 e. The number of benzene rings is 1. The van der Waals surface area contributed by atoms with E-state index >= 15 is 0 Å². The van der Waals surface area contributed by atoms with E-state index in [1.807, 2.05) is 27.5 Å². The standard InChI is InChI=1S/C27H33ClN5O6P/c1-2-38-25(34)9-8-24-27(39-40(35,32-11-15-36-16-12-32)33-13-17-37-18-14-33)31-22-7-6-20(28)19-21(22)26(30-24)23-5-3-4-10-29-23/h3-7,10,19,24H,2,8-9,11-18H2,1H3/t24-/m0/s1. The van der Waals surface area contributed by atoms with Crippen LogP contribution in [0.1, 0.15) is 31.0 Å². The van der Waals surface area contributed by atoms with Crippen LogP contribution < -0.4 is 0 Å². The summed E-state index contributed by atoms with van der Waals surface area (Å²) < 4.78 is 41.4. The summed E-state index contributed by atoms with van der Waals surface area (Å²) in [5.74, 6) is -0.189. The van der Waals surface area contributed by atoms with Gasteiger partial charge < -0.3 is 18.7 Å². The van der Waals surface area contributed by atoms with Crippen LogP contribution in [0.25, 0.3) is 0 Å². The third kappa shape index (κ3) is 6.62. The zero-order valence-electron chi connectivity index (χ0n) is 22.4. The molecular weight excluding hydrogens is 557 g/mol. The molecule has 1 aromatic heterocycles. The number of fused-ring (bicyclic) bond motifs is 1. The Morgan fingerprint density at radius 3 is 2.40 bits per heavy atom. The van der Waals surface area contributed by atoms with Crippen LogP contribution in [0.4, 0.5) is 5.69 Å². The van der Waals surface area contributed by atoms with Gasteiger partial charge in [-0.1, -0.05) is 17.7 Å². The summed E-state index contributed by atoms with van der Waals surface area (Å²) in [5, 5.41) is 0.511. The molecule has 11 nitrogen and oxygen atoms in total. The first kappa shape index (κ1) is 28.9. The van der Waals surface area contributed by atoms with E-state index in [9.17, 15) is 9.36 Å². The highest BCUT2D eigenvalue weighted by molar-refractivity contribution is 7.54. The van der Waals surface area contributed by atoms with Crippen LogP contribution in [-0.4, -0.2) is 97.2 Å². The van der Waals surface area contributed by atoms with Crippen molar-refractivity contribution in [3.63, 3.8) is 0 Å². The summed E-state index contributed by atoms with van der Waals surface area (Å²) >= 11 is 6.40. The Hall–Kier alpha value is -2.66. The van der Waals surface area contributed by atoms with Crippen LogP contribution in [0.15, 0.2) is 52.6 Å². The fourth-order valence-corrected chi connectivity index (χ4v) is 7.27. The van der Waals surface area contributed by atoms with Gasteiger partial charge in [-0.2, -0.15) is 0 Å². The van der Waals surface area contributed by atoms with E-state index in [0.29, 0.717) is 80.3 Å². The summed E-state index contributed by atoms with van der Waals surface area (Å²) in [5.41, 5.74) is 2.39. The molecule has 13 heteroatoms. The van der Waals surface area contributed by atoms with Crippen molar-refractivity contribution in [3.8, 4) is 0 Å². The number of hydrogen-bond donors (Lipinski definition) is 0. The van der Waals surface area contributed by atoms with Crippen molar-refractivity contribution < 1.29 is 28.1 Å². The second kappa shape index (κ2) is 13.3. The minimum absolute atomic E-state index is 0.0798. The molecule has 0 radical (unpaired) electrons. The lowest BCUT2D eigenvalue weighted by Gasteiger charge is -2.41. The first-order valence-corrected chi connectivity index (χ1v) is 15.4. The molecule has 1 atom stereocenters. The van der Waals surface area contributed by atoms with Crippen molar-refractivity contribution in [1.29, 1.82) is 0 Å². The Morgan fingerprint density at radius 2 is 1.77 bits per heavy atom. The van der Waals surface area contributed by atoms with Crippen LogP contribution in [0.3, 0.4) is 0 Å². The topological polar surface area (TPSA) is 115 Å². The quantitative estimate of drug-likeness (QED) is 0.331. The van der Waals surface area contributed by atoms with Gasteiger partial charge >= 0.3 is 13.6 Å². The molecule has 2 aromatic rings. The van der Waals surface area contributed by atoms with Crippen LogP contribution in [0.5, 0.6) is 0 Å². The van der Waals surface area contributed by atoms with Gasteiger partial charge in [0.15, 0.2) is 0 Å². The van der Waals surface area contributed by atoms with Gasteiger partial charge in [-0.25, -0.2) is 18.9 Å². The first-order chi connectivity index (χ1) is 19.5. The fourth-order valence-electron chi connectivity index (χ4n) is 4.76. The molecule has 4 heterocycles. The highest BCUT2D eigenvalue weighted by Gasteiger charge is 2.44. The number of morpholine rings is 2. The summed E-state index contributed by atoms with van der Waals surface area (Å²) in [6.07, 6.45) is 2.00. The van der Waals surface area contributed by atoms with Crippen molar-refractivity contribution in [2.45, 2.75) is 25.8 Å². The fraction of sp³-hybridized carbons (Fsp3) is 0.481. The molecular formula is C27H33ClN5O6P. The predicted octanol–water partition coefficient (Wildman–Crippen LogP) is 4.12. The van der Waals surface area contributed by atoms with Crippen LogP contribution in [0, 0.1) is 0 Å². The zero-order chi connectivity index (χ0) is 28.0. The molecule has 2 fully saturated rings. The molecule has 0 unspecified atom stereocenters. The van der Waals surface area contributed by atoms with Gasteiger partial charge in [0.1, 0.15) is 6.04 Å². The van der Waals surface area contributed by atoms with Crippen LogP contribution >= 0.6 is 19.3 Å². The number of nitrogens with zero attached hydrogens (tertiary/aromatic N) is 5. The third-order valence-electron chi connectivity index (χ3n) is 6.75. The van der Waals surface area contributed by atoms with E-state index in [1.165, 1.54) is 0 Å². The molecule has 3 aliphatic heterocycles. The second-order valence-electron chi connectivity index (χ2n) is 9.38. The number of hydrogen-bond acceptors (Lipinski definition) is 9. The maximum Gasteiger partial charge on any atom is 0.397 e. The van der Waals surface area contributed by atoms with Crippen molar-refractivity contribution in [3.05, 3.63) is 58.9 Å². The van der Waals surface area contributed by atoms with Crippen LogP contribution in [0.2, 0.25) is 5.02 Å². The molecule has 5 rings (SSSR count). The normalized spacial score (nSPS) is 20.6. The Labute approximate surface area is 238 Å². The highest BCUT2D eigenvalue weighted by Crippen LogP contribution is 2.55. The summed E-state index contributed by atoms with van der Waals surface area (Å²) in [6.45, 7) is 5.61. The van der Waals surface area contributed by atoms with Gasteiger partial charge in [-0.05, 0) is 43.7 Å². The van der Waals surface area contributed by atoms with E-state index in [4.69, 9.17) is 40.3 Å². The van der Waals surface area contributed by atoms with Gasteiger partial charge in [-0.15, -0.1) is 0 Å². The number of esters is 1. The molecule has 0 saturated carbocycles. The maximum atomic E-state index is 14.9. The van der Waals surface area contributed by atoms with Gasteiger partial charge in [0.25, 0.3) is 0 Å². The number of aromatic nitrogens is 1. The van der Waals surface area contributed by atoms with Gasteiger partial charge in [0.2, 0.25) is 5.90 Å². The molecule has 0 N–H and O–H groups in total. The number of carbonyl (C=O) groups is 1. The van der Waals surface area contributed by atoms with E-state index in [0.717, 1.165) is 0 Å². The number of halogens is 1. The Bertz CT molecular complexity index is 1280. The molecule has 214 valence electrons. The van der Waals surface area contributed by atoms with E-state index in [2.05, 4.69) is 4.98 Å². The Kier molecular flexibility index (Phi) is 9.62. The zero-order valence-corrected chi connectivity index (χ0v) is 24.1. The van der Waals surface area contributed by atoms with Gasteiger partial charge in [-0.3, -0.25) is 14.8 Å². The van der Waals surface area contributed by atoms with E-state index in [1.54, 1.807) is 31.3 Å². The molecule has 0 aliphatic carbocycles. The number of ether oxygens (including phenoxy) is 3. The van der Waals surface area contributed by atoms with Gasteiger partial charge in [0.05, 0.1) is 50.1 Å². The lowest BCUT2D eigenvalue weighted by molar-refractivity contribution is -0.143. The lowest BCUT2D eigenvalue weighted by atomic mass is 10.0. The van der Waals surface area contributed by atoms with E-state index in [-0.39, 0.29) is 31.3 Å². The van der Waals surface area contributed by atoms with Crippen molar-refractivity contribution >= 4 is 42.5 Å². The first-order valence-electron chi connectivity index (χ1n) is 13.5. The van der Waals surface area contributed by atoms with Crippen molar-refractivity contribution in [1.82, 2.24) is 14.3 Å². The average molecular weight is 590 g/mol. The highest BCUT2D eigenvalue weighted by atomic mass is 35.5.